The summed E-state index contributed by atoms with van der Waals surface area (Å²) in [5.74, 6) is 1.55. The first-order valence-electron chi connectivity index (χ1n) is 8.73. The Kier molecular flexibility index (Phi) is 5.13. The summed E-state index contributed by atoms with van der Waals surface area (Å²) in [5.41, 5.74) is 0.841. The largest absolute Gasteiger partial charge is 0.339 e. The number of rotatable bonds is 6. The summed E-state index contributed by atoms with van der Waals surface area (Å²) in [5, 5.41) is 4.03. The number of carbonyl (C=O) groups is 1. The number of hydrogen-bond donors (Lipinski definition) is 0. The fourth-order valence-electron chi connectivity index (χ4n) is 3.31. The number of aromatic nitrogens is 3. The minimum Gasteiger partial charge on any atom is -0.339 e. The van der Waals surface area contributed by atoms with E-state index in [0.29, 0.717) is 18.3 Å². The van der Waals surface area contributed by atoms with Gasteiger partial charge in [-0.05, 0) is 39.8 Å². The maximum atomic E-state index is 12.5. The van der Waals surface area contributed by atoms with Crippen LogP contribution in [0.4, 0.5) is 0 Å². The molecule has 0 unspecified atom stereocenters. The molecule has 2 aromatic rings. The summed E-state index contributed by atoms with van der Waals surface area (Å²) in [4.78, 5) is 25.1. The second kappa shape index (κ2) is 7.31. The average Bonchev–Trinajstić information content (AvgIpc) is 3.00. The number of nitrogens with zero attached hydrogens (tertiary/aromatic N) is 5. The quantitative estimate of drug-likeness (QED) is 0.800. The molecule has 0 aromatic carbocycles. The highest BCUT2D eigenvalue weighted by Gasteiger charge is 2.35. The predicted molar refractivity (Wildman–Crippen MR) is 93.8 cm³/mol. The Morgan fingerprint density at radius 2 is 2.04 bits per heavy atom. The molecule has 1 aliphatic heterocycles. The van der Waals surface area contributed by atoms with Gasteiger partial charge < -0.3 is 9.42 Å². The fourth-order valence-corrected chi connectivity index (χ4v) is 3.31. The summed E-state index contributed by atoms with van der Waals surface area (Å²) in [6.45, 7) is 10.2. The first-order chi connectivity index (χ1) is 12.0. The number of amides is 1. The Balaban J connectivity index is 1.55. The molecule has 0 spiro atoms. The van der Waals surface area contributed by atoms with Gasteiger partial charge in [0, 0.05) is 43.1 Å². The lowest BCUT2D eigenvalue weighted by Gasteiger charge is -2.39. The van der Waals surface area contributed by atoms with Gasteiger partial charge in [-0.2, -0.15) is 4.98 Å². The van der Waals surface area contributed by atoms with Crippen molar-refractivity contribution < 1.29 is 9.32 Å². The van der Waals surface area contributed by atoms with Crippen molar-refractivity contribution in [3.8, 4) is 11.4 Å². The highest BCUT2D eigenvalue weighted by Crippen LogP contribution is 2.27. The maximum Gasteiger partial charge on any atom is 0.237 e. The topological polar surface area (TPSA) is 75.4 Å². The Hall–Kier alpha value is -2.28. The third kappa shape index (κ3) is 3.87. The highest BCUT2D eigenvalue weighted by atomic mass is 16.5. The number of pyridine rings is 1. The van der Waals surface area contributed by atoms with Gasteiger partial charge in [0.15, 0.2) is 0 Å². The van der Waals surface area contributed by atoms with Crippen molar-refractivity contribution in [3.63, 3.8) is 0 Å². The third-order valence-electron chi connectivity index (χ3n) is 4.43. The maximum absolute atomic E-state index is 12.5. The van der Waals surface area contributed by atoms with Crippen LogP contribution in [0.15, 0.2) is 29.0 Å². The summed E-state index contributed by atoms with van der Waals surface area (Å²) in [7, 11) is 0. The van der Waals surface area contributed by atoms with E-state index in [9.17, 15) is 4.79 Å². The van der Waals surface area contributed by atoms with Gasteiger partial charge in [0.2, 0.25) is 17.6 Å². The van der Waals surface area contributed by atoms with E-state index < -0.39 is 0 Å². The molecule has 1 fully saturated rings. The molecule has 25 heavy (non-hydrogen) atoms. The van der Waals surface area contributed by atoms with Gasteiger partial charge in [-0.15, -0.1) is 0 Å². The fraction of sp³-hybridized carbons (Fsp3) is 0.556. The highest BCUT2D eigenvalue weighted by molar-refractivity contribution is 5.79. The van der Waals surface area contributed by atoms with E-state index in [4.69, 9.17) is 4.52 Å². The van der Waals surface area contributed by atoms with Crippen LogP contribution in [0.25, 0.3) is 11.4 Å². The molecule has 0 radical (unpaired) electrons. The first-order valence-corrected chi connectivity index (χ1v) is 8.73. The molecule has 134 valence electrons. The van der Waals surface area contributed by atoms with Crippen molar-refractivity contribution in [3.05, 3.63) is 30.4 Å². The van der Waals surface area contributed by atoms with Crippen molar-refractivity contribution in [1.82, 2.24) is 24.9 Å². The average molecular weight is 343 g/mol. The number of likely N-dealkylation sites (tertiary alicyclic amines) is 1. The van der Waals surface area contributed by atoms with E-state index in [1.807, 2.05) is 17.0 Å². The Bertz CT molecular complexity index is 699. The van der Waals surface area contributed by atoms with Crippen LogP contribution in [0.1, 0.15) is 39.5 Å². The molecule has 0 N–H and O–H groups in total. The van der Waals surface area contributed by atoms with Crippen LogP contribution in [0, 0.1) is 0 Å². The van der Waals surface area contributed by atoms with Crippen molar-refractivity contribution >= 4 is 5.91 Å². The van der Waals surface area contributed by atoms with E-state index >= 15 is 0 Å². The molecule has 7 nitrogen and oxygen atoms in total. The summed E-state index contributed by atoms with van der Waals surface area (Å²) >= 11 is 0. The zero-order chi connectivity index (χ0) is 18.0. The van der Waals surface area contributed by atoms with Gasteiger partial charge in [0.1, 0.15) is 0 Å². The molecule has 1 saturated heterocycles. The van der Waals surface area contributed by atoms with Crippen LogP contribution >= 0.6 is 0 Å². The van der Waals surface area contributed by atoms with Crippen LogP contribution in [0.3, 0.4) is 0 Å². The van der Waals surface area contributed by atoms with Crippen molar-refractivity contribution in [2.45, 2.75) is 45.7 Å². The monoisotopic (exact) mass is 343 g/mol. The molecule has 7 heteroatoms. The summed E-state index contributed by atoms with van der Waals surface area (Å²) in [6.07, 6.45) is 3.43. The zero-order valence-corrected chi connectivity index (χ0v) is 15.2. The minimum atomic E-state index is 0.171. The van der Waals surface area contributed by atoms with Gasteiger partial charge in [-0.1, -0.05) is 5.16 Å². The molecular formula is C18H25N5O2. The third-order valence-corrected chi connectivity index (χ3v) is 4.43. The Labute approximate surface area is 148 Å². The lowest BCUT2D eigenvalue weighted by molar-refractivity contribution is -0.137. The van der Waals surface area contributed by atoms with E-state index in [0.717, 1.165) is 18.7 Å². The molecule has 0 aliphatic carbocycles. The van der Waals surface area contributed by atoms with E-state index in [1.54, 1.807) is 12.4 Å². The van der Waals surface area contributed by atoms with Crippen LogP contribution in [0.5, 0.6) is 0 Å². The van der Waals surface area contributed by atoms with Crippen molar-refractivity contribution in [2.24, 2.45) is 0 Å². The smallest absolute Gasteiger partial charge is 0.237 e. The number of carbonyl (C=O) groups excluding carboxylic acids is 1. The zero-order valence-electron chi connectivity index (χ0n) is 15.2. The van der Waals surface area contributed by atoms with E-state index in [1.165, 1.54) is 0 Å². The molecule has 3 heterocycles. The Morgan fingerprint density at radius 1 is 1.32 bits per heavy atom. The van der Waals surface area contributed by atoms with Gasteiger partial charge in [-0.25, -0.2) is 0 Å². The van der Waals surface area contributed by atoms with Crippen molar-refractivity contribution in [1.29, 1.82) is 0 Å². The lowest BCUT2D eigenvalue weighted by Crippen LogP contribution is -2.52. The molecule has 3 rings (SSSR count). The molecular weight excluding hydrogens is 318 g/mol. The molecule has 0 atom stereocenters. The van der Waals surface area contributed by atoms with E-state index in [-0.39, 0.29) is 23.9 Å². The molecule has 1 aliphatic rings. The SMILES string of the molecule is CC(C)N(C(=O)CN1CC(c2nc(-c3cccnc3)no2)C1)C(C)C. The molecule has 2 aromatic heterocycles. The van der Waals surface area contributed by atoms with Gasteiger partial charge in [-0.3, -0.25) is 14.7 Å². The van der Waals surface area contributed by atoms with Crippen LogP contribution in [-0.4, -0.2) is 62.5 Å². The second-order valence-electron chi connectivity index (χ2n) is 7.08. The van der Waals surface area contributed by atoms with Gasteiger partial charge >= 0.3 is 0 Å². The minimum absolute atomic E-state index is 0.171. The normalized spacial score (nSPS) is 15.6. The second-order valence-corrected chi connectivity index (χ2v) is 7.08. The summed E-state index contributed by atoms with van der Waals surface area (Å²) < 4.78 is 5.39. The molecule has 0 saturated carbocycles. The van der Waals surface area contributed by atoms with Gasteiger partial charge in [0.25, 0.3) is 0 Å². The number of hydrogen-bond acceptors (Lipinski definition) is 6. The Morgan fingerprint density at radius 3 is 2.64 bits per heavy atom. The summed E-state index contributed by atoms with van der Waals surface area (Å²) in [6, 6.07) is 4.17. The van der Waals surface area contributed by atoms with Crippen LogP contribution in [-0.2, 0) is 4.79 Å². The molecule has 0 bridgehead atoms. The lowest BCUT2D eigenvalue weighted by atomic mass is 10.00. The van der Waals surface area contributed by atoms with Crippen LogP contribution in [0.2, 0.25) is 0 Å². The van der Waals surface area contributed by atoms with E-state index in [2.05, 4.69) is 47.7 Å². The van der Waals surface area contributed by atoms with Crippen LogP contribution < -0.4 is 0 Å². The standard InChI is InChI=1S/C18H25N5O2/c1-12(2)23(13(3)4)16(24)11-22-9-15(10-22)18-20-17(21-25-18)14-6-5-7-19-8-14/h5-8,12-13,15H,9-11H2,1-4H3. The predicted octanol–water partition coefficient (Wildman–Crippen LogP) is 2.18. The van der Waals surface area contributed by atoms with Crippen molar-refractivity contribution in [2.75, 3.05) is 19.6 Å². The van der Waals surface area contributed by atoms with Gasteiger partial charge in [0.05, 0.1) is 12.5 Å². The first kappa shape index (κ1) is 17.5. The molecule has 1 amide bonds.